The Morgan fingerprint density at radius 2 is 2.14 bits per heavy atom. The van der Waals surface area contributed by atoms with Crippen LogP contribution in [0.5, 0.6) is 0 Å². The van der Waals surface area contributed by atoms with Crippen molar-refractivity contribution in [3.63, 3.8) is 0 Å². The van der Waals surface area contributed by atoms with Crippen LogP contribution < -0.4 is 10.6 Å². The zero-order valence-corrected chi connectivity index (χ0v) is 14.3. The molecular formula is C16H27N3OS. The van der Waals surface area contributed by atoms with Crippen LogP contribution in [-0.4, -0.2) is 24.0 Å². The van der Waals surface area contributed by atoms with Crippen LogP contribution >= 0.6 is 11.3 Å². The fraction of sp³-hybridized carbons (Fsp3) is 0.750. The predicted octanol–water partition coefficient (Wildman–Crippen LogP) is 3.62. The number of thiazole rings is 1. The summed E-state index contributed by atoms with van der Waals surface area (Å²) < 4.78 is 0. The van der Waals surface area contributed by atoms with E-state index in [0.717, 1.165) is 37.5 Å². The molecule has 1 aliphatic heterocycles. The molecule has 1 aliphatic rings. The summed E-state index contributed by atoms with van der Waals surface area (Å²) in [5, 5.41) is 7.12. The fourth-order valence-electron chi connectivity index (χ4n) is 3.02. The van der Waals surface area contributed by atoms with Crippen molar-refractivity contribution in [3.05, 3.63) is 11.1 Å². The molecule has 0 bridgehead atoms. The van der Waals surface area contributed by atoms with Gasteiger partial charge in [0.15, 0.2) is 5.13 Å². The molecular weight excluding hydrogens is 282 g/mol. The minimum absolute atomic E-state index is 0.0717. The van der Waals surface area contributed by atoms with Crippen molar-refractivity contribution in [2.24, 2.45) is 11.3 Å². The lowest BCUT2D eigenvalue weighted by Gasteiger charge is -2.24. The smallest absolute Gasteiger partial charge is 0.231 e. The van der Waals surface area contributed by atoms with Crippen molar-refractivity contribution >= 4 is 22.4 Å². The quantitative estimate of drug-likeness (QED) is 0.873. The highest BCUT2D eigenvalue weighted by atomic mass is 32.1. The second-order valence-corrected chi connectivity index (χ2v) is 8.09. The van der Waals surface area contributed by atoms with E-state index in [1.54, 1.807) is 11.3 Å². The van der Waals surface area contributed by atoms with Crippen LogP contribution in [-0.2, 0) is 4.79 Å². The molecule has 1 aromatic rings. The molecule has 0 atom stereocenters. The molecule has 1 fully saturated rings. The molecule has 2 rings (SSSR count). The second kappa shape index (κ2) is 6.88. The van der Waals surface area contributed by atoms with E-state index in [-0.39, 0.29) is 11.3 Å². The first-order chi connectivity index (χ1) is 9.88. The van der Waals surface area contributed by atoms with E-state index in [1.807, 2.05) is 20.0 Å². The minimum atomic E-state index is -0.352. The normalized spacial score (nSPS) is 17.2. The topological polar surface area (TPSA) is 54.0 Å². The van der Waals surface area contributed by atoms with E-state index < -0.39 is 0 Å². The Morgan fingerprint density at radius 3 is 2.76 bits per heavy atom. The SMILES string of the molecule is CC(C)CC(C)(C)C(=O)Nc1ncc(C2CCNCC2)s1. The third-order valence-electron chi connectivity index (χ3n) is 4.02. The molecule has 2 heterocycles. The van der Waals surface area contributed by atoms with Gasteiger partial charge < -0.3 is 10.6 Å². The maximum atomic E-state index is 12.4. The molecule has 21 heavy (non-hydrogen) atoms. The van der Waals surface area contributed by atoms with Crippen LogP contribution in [0.4, 0.5) is 5.13 Å². The van der Waals surface area contributed by atoms with E-state index in [0.29, 0.717) is 11.8 Å². The van der Waals surface area contributed by atoms with Gasteiger partial charge in [-0.05, 0) is 44.2 Å². The number of hydrogen-bond donors (Lipinski definition) is 2. The predicted molar refractivity (Wildman–Crippen MR) is 88.8 cm³/mol. The number of nitrogens with zero attached hydrogens (tertiary/aromatic N) is 1. The van der Waals surface area contributed by atoms with Crippen molar-refractivity contribution in [1.82, 2.24) is 10.3 Å². The largest absolute Gasteiger partial charge is 0.317 e. The van der Waals surface area contributed by atoms with Crippen LogP contribution in [0.2, 0.25) is 0 Å². The summed E-state index contributed by atoms with van der Waals surface area (Å²) in [6, 6.07) is 0. The van der Waals surface area contributed by atoms with Crippen molar-refractivity contribution in [2.75, 3.05) is 18.4 Å². The van der Waals surface area contributed by atoms with Crippen LogP contribution in [0.25, 0.3) is 0 Å². The van der Waals surface area contributed by atoms with E-state index in [2.05, 4.69) is 29.5 Å². The molecule has 0 spiro atoms. The zero-order valence-electron chi connectivity index (χ0n) is 13.5. The third kappa shape index (κ3) is 4.51. The first-order valence-electron chi connectivity index (χ1n) is 7.86. The lowest BCUT2D eigenvalue weighted by Crippen LogP contribution is -2.31. The minimum Gasteiger partial charge on any atom is -0.317 e. The highest BCUT2D eigenvalue weighted by molar-refractivity contribution is 7.15. The van der Waals surface area contributed by atoms with E-state index in [1.165, 1.54) is 4.88 Å². The Morgan fingerprint density at radius 1 is 1.48 bits per heavy atom. The van der Waals surface area contributed by atoms with E-state index >= 15 is 0 Å². The van der Waals surface area contributed by atoms with Crippen LogP contribution in [0.3, 0.4) is 0 Å². The van der Waals surface area contributed by atoms with Gasteiger partial charge in [0.2, 0.25) is 5.91 Å². The molecule has 4 nitrogen and oxygen atoms in total. The van der Waals surface area contributed by atoms with Gasteiger partial charge in [0, 0.05) is 16.5 Å². The fourth-order valence-corrected chi connectivity index (χ4v) is 4.00. The van der Waals surface area contributed by atoms with Gasteiger partial charge in [-0.25, -0.2) is 4.98 Å². The van der Waals surface area contributed by atoms with Crippen molar-refractivity contribution in [3.8, 4) is 0 Å². The van der Waals surface area contributed by atoms with Gasteiger partial charge in [-0.15, -0.1) is 11.3 Å². The average Bonchev–Trinajstić information content (AvgIpc) is 2.87. The molecule has 118 valence electrons. The molecule has 2 N–H and O–H groups in total. The zero-order chi connectivity index (χ0) is 15.5. The van der Waals surface area contributed by atoms with Crippen LogP contribution in [0, 0.1) is 11.3 Å². The average molecular weight is 309 g/mol. The first-order valence-corrected chi connectivity index (χ1v) is 8.68. The Kier molecular flexibility index (Phi) is 5.38. The lowest BCUT2D eigenvalue weighted by atomic mass is 9.83. The van der Waals surface area contributed by atoms with Crippen LogP contribution in [0.15, 0.2) is 6.20 Å². The van der Waals surface area contributed by atoms with Crippen molar-refractivity contribution < 1.29 is 4.79 Å². The number of aromatic nitrogens is 1. The lowest BCUT2D eigenvalue weighted by molar-refractivity contribution is -0.124. The summed E-state index contributed by atoms with van der Waals surface area (Å²) in [5.41, 5.74) is -0.352. The Bertz CT molecular complexity index is 476. The summed E-state index contributed by atoms with van der Waals surface area (Å²) in [6.45, 7) is 10.5. The van der Waals surface area contributed by atoms with Gasteiger partial charge in [-0.2, -0.15) is 0 Å². The summed E-state index contributed by atoms with van der Waals surface area (Å²) in [5.74, 6) is 1.17. The van der Waals surface area contributed by atoms with Crippen LogP contribution in [0.1, 0.15) is 57.8 Å². The maximum absolute atomic E-state index is 12.4. The summed E-state index contributed by atoms with van der Waals surface area (Å²) in [4.78, 5) is 18.1. The molecule has 5 heteroatoms. The second-order valence-electron chi connectivity index (χ2n) is 7.03. The highest BCUT2D eigenvalue weighted by Crippen LogP contribution is 2.33. The van der Waals surface area contributed by atoms with Gasteiger partial charge in [0.1, 0.15) is 0 Å². The molecule has 0 aliphatic carbocycles. The molecule has 0 saturated carbocycles. The van der Waals surface area contributed by atoms with Gasteiger partial charge in [0.25, 0.3) is 0 Å². The Labute approximate surface area is 131 Å². The number of carbonyl (C=O) groups is 1. The summed E-state index contributed by atoms with van der Waals surface area (Å²) in [6.07, 6.45) is 5.14. The number of nitrogens with one attached hydrogen (secondary N) is 2. The molecule has 0 unspecified atom stereocenters. The number of carbonyl (C=O) groups excluding carboxylic acids is 1. The van der Waals surface area contributed by atoms with Gasteiger partial charge in [0.05, 0.1) is 0 Å². The number of amides is 1. The van der Waals surface area contributed by atoms with Gasteiger partial charge >= 0.3 is 0 Å². The molecule has 1 aromatic heterocycles. The number of rotatable bonds is 5. The molecule has 1 saturated heterocycles. The van der Waals surface area contributed by atoms with Crippen molar-refractivity contribution in [1.29, 1.82) is 0 Å². The van der Waals surface area contributed by atoms with Gasteiger partial charge in [-0.3, -0.25) is 4.79 Å². The molecule has 1 amide bonds. The Hall–Kier alpha value is -0.940. The van der Waals surface area contributed by atoms with Crippen molar-refractivity contribution in [2.45, 2.75) is 52.9 Å². The van der Waals surface area contributed by atoms with E-state index in [4.69, 9.17) is 0 Å². The number of hydrogen-bond acceptors (Lipinski definition) is 4. The number of piperidine rings is 1. The monoisotopic (exact) mass is 309 g/mol. The molecule has 0 radical (unpaired) electrons. The highest BCUT2D eigenvalue weighted by Gasteiger charge is 2.29. The Balaban J connectivity index is 1.97. The van der Waals surface area contributed by atoms with Gasteiger partial charge in [-0.1, -0.05) is 27.7 Å². The maximum Gasteiger partial charge on any atom is 0.231 e. The molecule has 0 aromatic carbocycles. The number of anilines is 1. The summed E-state index contributed by atoms with van der Waals surface area (Å²) >= 11 is 1.63. The van der Waals surface area contributed by atoms with E-state index in [9.17, 15) is 4.79 Å². The first kappa shape index (κ1) is 16.4. The standard InChI is InChI=1S/C16H27N3OS/c1-11(2)9-16(3,4)14(20)19-15-18-10-13(21-15)12-5-7-17-8-6-12/h10-12,17H,5-9H2,1-4H3,(H,18,19,20). The summed E-state index contributed by atoms with van der Waals surface area (Å²) in [7, 11) is 0. The third-order valence-corrected chi connectivity index (χ3v) is 5.09.